The van der Waals surface area contributed by atoms with E-state index in [0.29, 0.717) is 12.1 Å². The Morgan fingerprint density at radius 3 is 2.28 bits per heavy atom. The minimum atomic E-state index is -0.802. The van der Waals surface area contributed by atoms with Crippen molar-refractivity contribution in [3.05, 3.63) is 89.4 Å². The fourth-order valence-corrected chi connectivity index (χ4v) is 4.76. The van der Waals surface area contributed by atoms with Crippen LogP contribution in [0.15, 0.2) is 78.9 Å². The van der Waals surface area contributed by atoms with E-state index in [1.165, 1.54) is 6.92 Å². The van der Waals surface area contributed by atoms with Crippen molar-refractivity contribution in [2.24, 2.45) is 0 Å². The van der Waals surface area contributed by atoms with Gasteiger partial charge in [0.05, 0.1) is 20.6 Å². The average molecular weight is 444 g/mol. The van der Waals surface area contributed by atoms with Crippen LogP contribution in [0.1, 0.15) is 24.4 Å². The Kier molecular flexibility index (Phi) is 6.06. The Hall–Kier alpha value is -3.51. The number of nitrogens with one attached hydrogen (secondary N) is 1. The molecular weight excluding hydrogens is 418 g/mol. The van der Waals surface area contributed by atoms with E-state index in [-0.39, 0.29) is 11.8 Å². The van der Waals surface area contributed by atoms with E-state index < -0.39 is 5.41 Å². The Morgan fingerprint density at radius 1 is 0.969 bits per heavy atom. The summed E-state index contributed by atoms with van der Waals surface area (Å²) in [5, 5.41) is 3.99. The lowest BCUT2D eigenvalue weighted by atomic mass is 9.78. The zero-order chi connectivity index (χ0) is 22.7. The molecule has 32 heavy (non-hydrogen) atoms. The molecule has 5 nitrogen and oxygen atoms in total. The number of amides is 2. The number of anilines is 2. The number of nitrogens with zero attached hydrogens (tertiary/aromatic N) is 2. The summed E-state index contributed by atoms with van der Waals surface area (Å²) in [6.07, 6.45) is 0.493. The highest BCUT2D eigenvalue weighted by Crippen LogP contribution is 2.33. The second-order valence-corrected chi connectivity index (χ2v) is 9.14. The molecule has 1 aromatic heterocycles. The van der Waals surface area contributed by atoms with Crippen LogP contribution in [0.3, 0.4) is 0 Å². The quantitative estimate of drug-likeness (QED) is 0.433. The molecule has 4 rings (SSSR count). The van der Waals surface area contributed by atoms with Gasteiger partial charge in [-0.15, -0.1) is 11.3 Å². The number of para-hydroxylation sites is 1. The van der Waals surface area contributed by atoms with Gasteiger partial charge in [0.25, 0.3) is 0 Å². The summed E-state index contributed by atoms with van der Waals surface area (Å²) in [6.45, 7) is 3.48. The molecule has 3 aromatic carbocycles. The molecule has 1 heterocycles. The second kappa shape index (κ2) is 8.93. The number of carbonyl (C=O) groups excluding carboxylic acids is 2. The molecule has 4 aromatic rings. The number of hydrogen-bond donors (Lipinski definition) is 1. The molecule has 0 saturated heterocycles. The third kappa shape index (κ3) is 4.41. The normalized spacial score (nSPS) is 12.8. The molecule has 0 spiro atoms. The lowest BCUT2D eigenvalue weighted by molar-refractivity contribution is -0.121. The van der Waals surface area contributed by atoms with Crippen molar-refractivity contribution >= 4 is 44.7 Å². The van der Waals surface area contributed by atoms with Gasteiger partial charge < -0.3 is 10.2 Å². The third-order valence-electron chi connectivity index (χ3n) is 5.74. The molecular formula is C26H25N3O2S. The Balaban J connectivity index is 1.62. The van der Waals surface area contributed by atoms with Crippen molar-refractivity contribution in [3.63, 3.8) is 0 Å². The van der Waals surface area contributed by atoms with Gasteiger partial charge in [0, 0.05) is 31.8 Å². The van der Waals surface area contributed by atoms with Crippen LogP contribution in [0.2, 0.25) is 0 Å². The van der Waals surface area contributed by atoms with Gasteiger partial charge in [0.15, 0.2) is 0 Å². The summed E-state index contributed by atoms with van der Waals surface area (Å²) < 4.78 is 1.11. The molecule has 1 N–H and O–H groups in total. The van der Waals surface area contributed by atoms with E-state index in [2.05, 4.69) is 11.4 Å². The lowest BCUT2D eigenvalue weighted by Crippen LogP contribution is -2.39. The minimum absolute atomic E-state index is 0.0470. The molecule has 1 unspecified atom stereocenters. The summed E-state index contributed by atoms with van der Waals surface area (Å²) in [6, 6.07) is 25.1. The smallest absolute Gasteiger partial charge is 0.235 e. The fourth-order valence-electron chi connectivity index (χ4n) is 3.64. The molecule has 0 aliphatic carbocycles. The zero-order valence-electron chi connectivity index (χ0n) is 18.3. The van der Waals surface area contributed by atoms with Crippen molar-refractivity contribution in [3.8, 4) is 0 Å². The number of hydrogen-bond acceptors (Lipinski definition) is 4. The van der Waals surface area contributed by atoms with Crippen LogP contribution in [-0.4, -0.2) is 23.8 Å². The summed E-state index contributed by atoms with van der Waals surface area (Å²) in [5.41, 5.74) is 2.54. The van der Waals surface area contributed by atoms with Gasteiger partial charge in [0.1, 0.15) is 0 Å². The van der Waals surface area contributed by atoms with Crippen molar-refractivity contribution in [1.29, 1.82) is 0 Å². The molecule has 6 heteroatoms. The molecule has 2 amide bonds. The highest BCUT2D eigenvalue weighted by molar-refractivity contribution is 7.18. The SMILES string of the molecule is CC(=O)N(C)c1ccc(NC(=O)C(C)(Cc2nc3ccccc3s2)c2ccccc2)cc1. The first-order chi connectivity index (χ1) is 15.4. The molecule has 1 atom stereocenters. The first-order valence-electron chi connectivity index (χ1n) is 10.4. The number of carbonyl (C=O) groups is 2. The van der Waals surface area contributed by atoms with Crippen molar-refractivity contribution in [1.82, 2.24) is 4.98 Å². The molecule has 0 saturated carbocycles. The lowest BCUT2D eigenvalue weighted by Gasteiger charge is -2.28. The third-order valence-corrected chi connectivity index (χ3v) is 6.78. The minimum Gasteiger partial charge on any atom is -0.325 e. The van der Waals surface area contributed by atoms with Crippen molar-refractivity contribution in [2.75, 3.05) is 17.3 Å². The van der Waals surface area contributed by atoms with E-state index in [1.807, 2.05) is 79.7 Å². The Bertz CT molecular complexity index is 1220. The van der Waals surface area contributed by atoms with Gasteiger partial charge in [-0.05, 0) is 48.9 Å². The van der Waals surface area contributed by atoms with Crippen LogP contribution in [0.4, 0.5) is 11.4 Å². The molecule has 0 fully saturated rings. The van der Waals surface area contributed by atoms with E-state index in [0.717, 1.165) is 26.5 Å². The van der Waals surface area contributed by atoms with Crippen LogP contribution < -0.4 is 10.2 Å². The van der Waals surface area contributed by atoms with Gasteiger partial charge in [-0.3, -0.25) is 9.59 Å². The van der Waals surface area contributed by atoms with E-state index >= 15 is 0 Å². The Labute approximate surface area is 191 Å². The van der Waals surface area contributed by atoms with E-state index in [1.54, 1.807) is 23.3 Å². The first kappa shape index (κ1) is 21.7. The average Bonchev–Trinajstić information content (AvgIpc) is 3.21. The van der Waals surface area contributed by atoms with Crippen molar-refractivity contribution < 1.29 is 9.59 Å². The van der Waals surface area contributed by atoms with Gasteiger partial charge in [-0.2, -0.15) is 0 Å². The van der Waals surface area contributed by atoms with Gasteiger partial charge in [-0.25, -0.2) is 4.98 Å². The van der Waals surface area contributed by atoms with E-state index in [9.17, 15) is 9.59 Å². The fraction of sp³-hybridized carbons (Fsp3) is 0.192. The largest absolute Gasteiger partial charge is 0.325 e. The van der Waals surface area contributed by atoms with Crippen LogP contribution >= 0.6 is 11.3 Å². The monoisotopic (exact) mass is 443 g/mol. The van der Waals surface area contributed by atoms with Crippen molar-refractivity contribution in [2.45, 2.75) is 25.7 Å². The molecule has 0 aliphatic heterocycles. The predicted molar refractivity (Wildman–Crippen MR) is 131 cm³/mol. The predicted octanol–water partition coefficient (Wildman–Crippen LogP) is 5.42. The van der Waals surface area contributed by atoms with Gasteiger partial charge >= 0.3 is 0 Å². The number of rotatable bonds is 6. The second-order valence-electron chi connectivity index (χ2n) is 8.03. The van der Waals surface area contributed by atoms with Crippen LogP contribution in [0.5, 0.6) is 0 Å². The van der Waals surface area contributed by atoms with Crippen LogP contribution in [-0.2, 0) is 21.4 Å². The van der Waals surface area contributed by atoms with Crippen LogP contribution in [0, 0.1) is 0 Å². The molecule has 162 valence electrons. The zero-order valence-corrected chi connectivity index (χ0v) is 19.1. The number of fused-ring (bicyclic) bond motifs is 1. The summed E-state index contributed by atoms with van der Waals surface area (Å²) in [7, 11) is 1.72. The summed E-state index contributed by atoms with van der Waals surface area (Å²) in [5.74, 6) is -0.148. The number of aromatic nitrogens is 1. The maximum atomic E-state index is 13.6. The first-order valence-corrected chi connectivity index (χ1v) is 11.2. The Morgan fingerprint density at radius 2 is 1.62 bits per heavy atom. The molecule has 0 aliphatic rings. The molecule has 0 bridgehead atoms. The van der Waals surface area contributed by atoms with Crippen LogP contribution in [0.25, 0.3) is 10.2 Å². The van der Waals surface area contributed by atoms with E-state index in [4.69, 9.17) is 4.98 Å². The summed E-state index contributed by atoms with van der Waals surface area (Å²) in [4.78, 5) is 31.5. The highest BCUT2D eigenvalue weighted by atomic mass is 32.1. The number of thiazole rings is 1. The maximum absolute atomic E-state index is 13.6. The van der Waals surface area contributed by atoms with Gasteiger partial charge in [0.2, 0.25) is 11.8 Å². The molecule has 0 radical (unpaired) electrons. The van der Waals surface area contributed by atoms with Gasteiger partial charge in [-0.1, -0.05) is 42.5 Å². The number of benzene rings is 3. The summed E-state index contributed by atoms with van der Waals surface area (Å²) >= 11 is 1.62. The highest BCUT2D eigenvalue weighted by Gasteiger charge is 2.36. The standard InChI is InChI=1S/C26H25N3O2S/c1-18(30)29(3)21-15-13-20(14-16-21)27-25(31)26(2,19-9-5-4-6-10-19)17-24-28-22-11-7-8-12-23(22)32-24/h4-16H,17H2,1-3H3,(H,27,31). The maximum Gasteiger partial charge on any atom is 0.235 e. The topological polar surface area (TPSA) is 62.3 Å².